The number of carbonyl (C=O) groups excluding carboxylic acids is 2. The summed E-state index contributed by atoms with van der Waals surface area (Å²) in [7, 11) is 3.17. The van der Waals surface area contributed by atoms with Gasteiger partial charge in [-0.2, -0.15) is 0 Å². The average molecular weight is 452 g/mol. The van der Waals surface area contributed by atoms with E-state index in [-0.39, 0.29) is 11.9 Å². The lowest BCUT2D eigenvalue weighted by molar-refractivity contribution is -0.117. The lowest BCUT2D eigenvalue weighted by Crippen LogP contribution is -2.49. The number of ether oxygens (including phenoxy) is 2. The fourth-order valence-electron chi connectivity index (χ4n) is 3.22. The molecule has 0 saturated carbocycles. The summed E-state index contributed by atoms with van der Waals surface area (Å²) in [6.07, 6.45) is 0.687. The number of amides is 3. The minimum Gasteiger partial charge on any atom is -0.493 e. The van der Waals surface area contributed by atoms with Crippen LogP contribution in [0.15, 0.2) is 30.3 Å². The van der Waals surface area contributed by atoms with E-state index in [4.69, 9.17) is 32.7 Å². The molecule has 9 heteroatoms. The van der Waals surface area contributed by atoms with Crippen LogP contribution in [0.3, 0.4) is 0 Å². The second-order valence-electron chi connectivity index (χ2n) is 6.94. The Kier molecular flexibility index (Phi) is 6.95. The van der Waals surface area contributed by atoms with E-state index in [1.54, 1.807) is 44.2 Å². The third-order valence-electron chi connectivity index (χ3n) is 4.93. The van der Waals surface area contributed by atoms with Crippen LogP contribution in [0.4, 0.5) is 10.5 Å². The maximum Gasteiger partial charge on any atom is 0.318 e. The molecule has 1 atom stereocenters. The fraction of sp³-hybridized carbons (Fsp3) is 0.333. The van der Waals surface area contributed by atoms with Crippen LogP contribution in [-0.2, 0) is 17.8 Å². The molecule has 0 fully saturated rings. The highest BCUT2D eigenvalue weighted by atomic mass is 35.5. The molecule has 3 amide bonds. The van der Waals surface area contributed by atoms with Crippen LogP contribution in [0.5, 0.6) is 11.5 Å². The Morgan fingerprint density at radius 1 is 1.03 bits per heavy atom. The van der Waals surface area contributed by atoms with Crippen molar-refractivity contribution in [3.05, 3.63) is 51.5 Å². The Labute approximate surface area is 185 Å². The number of carbonyl (C=O) groups is 2. The van der Waals surface area contributed by atoms with Crippen LogP contribution in [0.25, 0.3) is 0 Å². The molecule has 0 unspecified atom stereocenters. The molecule has 2 aromatic rings. The number of nitrogens with zero attached hydrogens (tertiary/aromatic N) is 1. The predicted octanol–water partition coefficient (Wildman–Crippen LogP) is 4.11. The van der Waals surface area contributed by atoms with Crippen LogP contribution in [-0.4, -0.2) is 43.6 Å². The monoisotopic (exact) mass is 451 g/mol. The molecule has 2 N–H and O–H groups in total. The maximum atomic E-state index is 12.7. The number of hydrogen-bond acceptors (Lipinski definition) is 4. The average Bonchev–Trinajstić information content (AvgIpc) is 2.74. The Bertz CT molecular complexity index is 968. The third kappa shape index (κ3) is 4.91. The first-order chi connectivity index (χ1) is 14.3. The predicted molar refractivity (Wildman–Crippen MR) is 117 cm³/mol. The third-order valence-corrected chi connectivity index (χ3v) is 5.66. The van der Waals surface area contributed by atoms with Crippen molar-refractivity contribution in [2.75, 3.05) is 26.1 Å². The van der Waals surface area contributed by atoms with Gasteiger partial charge in [0.25, 0.3) is 0 Å². The van der Waals surface area contributed by atoms with E-state index in [0.717, 1.165) is 11.1 Å². The smallest absolute Gasteiger partial charge is 0.318 e. The molecule has 3 rings (SSSR count). The minimum absolute atomic E-state index is 0.313. The summed E-state index contributed by atoms with van der Waals surface area (Å²) in [6, 6.07) is 7.57. The molecule has 2 aromatic carbocycles. The summed E-state index contributed by atoms with van der Waals surface area (Å²) in [5, 5.41) is 6.19. The molecule has 7 nitrogen and oxygen atoms in total. The molecule has 1 heterocycles. The standard InChI is InChI=1S/C21H23Cl2N3O4/c1-12(20(27)25-15-4-5-16(22)17(23)10-15)24-21(28)26-7-6-13-8-18(29-2)19(30-3)9-14(13)11-26/h4-5,8-10,12H,6-7,11H2,1-3H3,(H,24,28)(H,25,27)/t12-/m0/s1. The number of fused-ring (bicyclic) bond motifs is 1. The summed E-state index contributed by atoms with van der Waals surface area (Å²) in [6.45, 7) is 2.58. The number of anilines is 1. The molecule has 0 spiro atoms. The Hall–Kier alpha value is -2.64. The highest BCUT2D eigenvalue weighted by Gasteiger charge is 2.25. The van der Waals surface area contributed by atoms with Crippen LogP contribution in [0, 0.1) is 0 Å². The fourth-order valence-corrected chi connectivity index (χ4v) is 3.52. The quantitative estimate of drug-likeness (QED) is 0.716. The second-order valence-corrected chi connectivity index (χ2v) is 7.75. The van der Waals surface area contributed by atoms with Crippen LogP contribution >= 0.6 is 23.2 Å². The second kappa shape index (κ2) is 9.45. The zero-order chi connectivity index (χ0) is 21.8. The molecular formula is C21H23Cl2N3O4. The van der Waals surface area contributed by atoms with E-state index in [1.165, 1.54) is 0 Å². The number of halogens is 2. The van der Waals surface area contributed by atoms with E-state index in [0.29, 0.717) is 46.7 Å². The maximum absolute atomic E-state index is 12.7. The van der Waals surface area contributed by atoms with Gasteiger partial charge >= 0.3 is 6.03 Å². The molecule has 160 valence electrons. The van der Waals surface area contributed by atoms with E-state index in [2.05, 4.69) is 10.6 Å². The van der Waals surface area contributed by atoms with Crippen molar-refractivity contribution >= 4 is 40.8 Å². The van der Waals surface area contributed by atoms with Crippen molar-refractivity contribution in [1.82, 2.24) is 10.2 Å². The van der Waals surface area contributed by atoms with Gasteiger partial charge in [-0.15, -0.1) is 0 Å². The first kappa shape index (κ1) is 22.1. The van der Waals surface area contributed by atoms with Crippen LogP contribution in [0.1, 0.15) is 18.1 Å². The van der Waals surface area contributed by atoms with Crippen molar-refractivity contribution < 1.29 is 19.1 Å². The summed E-state index contributed by atoms with van der Waals surface area (Å²) in [5.74, 6) is 0.931. The highest BCUT2D eigenvalue weighted by Crippen LogP contribution is 2.33. The summed E-state index contributed by atoms with van der Waals surface area (Å²) in [4.78, 5) is 26.8. The van der Waals surface area contributed by atoms with Crippen molar-refractivity contribution in [1.29, 1.82) is 0 Å². The van der Waals surface area contributed by atoms with E-state index in [1.807, 2.05) is 12.1 Å². The van der Waals surface area contributed by atoms with Gasteiger partial charge in [0, 0.05) is 18.8 Å². The van der Waals surface area contributed by atoms with Gasteiger partial charge in [-0.05, 0) is 54.8 Å². The lowest BCUT2D eigenvalue weighted by atomic mass is 9.99. The number of nitrogens with one attached hydrogen (secondary N) is 2. The highest BCUT2D eigenvalue weighted by molar-refractivity contribution is 6.42. The van der Waals surface area contributed by atoms with Gasteiger partial charge in [0.05, 0.1) is 24.3 Å². The van der Waals surface area contributed by atoms with Gasteiger partial charge in [0.2, 0.25) is 5.91 Å². The van der Waals surface area contributed by atoms with Gasteiger partial charge in [0.15, 0.2) is 11.5 Å². The normalized spacial score (nSPS) is 13.8. The van der Waals surface area contributed by atoms with E-state index in [9.17, 15) is 9.59 Å². The topological polar surface area (TPSA) is 79.9 Å². The Morgan fingerprint density at radius 2 is 1.70 bits per heavy atom. The minimum atomic E-state index is -0.737. The molecule has 30 heavy (non-hydrogen) atoms. The number of methoxy groups -OCH3 is 2. The van der Waals surface area contributed by atoms with Crippen LogP contribution < -0.4 is 20.1 Å². The molecule has 1 aliphatic rings. The molecule has 1 aliphatic heterocycles. The summed E-state index contributed by atoms with van der Waals surface area (Å²) in [5.41, 5.74) is 2.60. The van der Waals surface area contributed by atoms with Gasteiger partial charge < -0.3 is 25.0 Å². The van der Waals surface area contributed by atoms with Crippen molar-refractivity contribution in [3.63, 3.8) is 0 Å². The SMILES string of the molecule is COc1cc2c(cc1OC)CN(C(=O)N[C@@H](C)C(=O)Nc1ccc(Cl)c(Cl)c1)CC2. The molecular weight excluding hydrogens is 429 g/mol. The number of benzene rings is 2. The zero-order valence-corrected chi connectivity index (χ0v) is 18.4. The molecule has 0 bridgehead atoms. The van der Waals surface area contributed by atoms with Gasteiger partial charge in [-0.25, -0.2) is 4.79 Å². The lowest BCUT2D eigenvalue weighted by Gasteiger charge is -2.30. The number of urea groups is 1. The first-order valence-electron chi connectivity index (χ1n) is 9.37. The summed E-state index contributed by atoms with van der Waals surface area (Å²) < 4.78 is 10.7. The number of hydrogen-bond donors (Lipinski definition) is 2. The molecule has 0 radical (unpaired) electrons. The van der Waals surface area contributed by atoms with Crippen LogP contribution in [0.2, 0.25) is 10.0 Å². The molecule has 0 aliphatic carbocycles. The largest absolute Gasteiger partial charge is 0.493 e. The van der Waals surface area contributed by atoms with Gasteiger partial charge in [0.1, 0.15) is 6.04 Å². The van der Waals surface area contributed by atoms with Crippen molar-refractivity contribution in [2.24, 2.45) is 0 Å². The van der Waals surface area contributed by atoms with Gasteiger partial charge in [-0.1, -0.05) is 23.2 Å². The van der Waals surface area contributed by atoms with E-state index < -0.39 is 6.04 Å². The van der Waals surface area contributed by atoms with Gasteiger partial charge in [-0.3, -0.25) is 4.79 Å². The van der Waals surface area contributed by atoms with Crippen molar-refractivity contribution in [2.45, 2.75) is 25.9 Å². The number of rotatable bonds is 5. The Balaban J connectivity index is 1.61. The molecule has 0 aromatic heterocycles. The summed E-state index contributed by atoms with van der Waals surface area (Å²) >= 11 is 11.9. The zero-order valence-electron chi connectivity index (χ0n) is 16.9. The Morgan fingerprint density at radius 3 is 2.33 bits per heavy atom. The van der Waals surface area contributed by atoms with E-state index >= 15 is 0 Å². The van der Waals surface area contributed by atoms with Crippen molar-refractivity contribution in [3.8, 4) is 11.5 Å². The first-order valence-corrected chi connectivity index (χ1v) is 10.1. The molecule has 0 saturated heterocycles.